The maximum Gasteiger partial charge on any atom is 0.329 e. The predicted octanol–water partition coefficient (Wildman–Crippen LogP) is 2.70. The molecule has 0 bridgehead atoms. The van der Waals surface area contributed by atoms with E-state index in [9.17, 15) is 9.59 Å². The summed E-state index contributed by atoms with van der Waals surface area (Å²) < 4.78 is 5.28. The van der Waals surface area contributed by atoms with Crippen LogP contribution in [0.5, 0.6) is 5.75 Å². The third-order valence-corrected chi connectivity index (χ3v) is 4.49. The van der Waals surface area contributed by atoms with Crippen molar-refractivity contribution in [2.75, 3.05) is 12.0 Å². The molecular weight excluding hydrogens is 268 g/mol. The molecule has 112 valence electrons. The number of urea groups is 1. The van der Waals surface area contributed by atoms with Crippen molar-refractivity contribution in [2.24, 2.45) is 5.92 Å². The second-order valence-electron chi connectivity index (χ2n) is 6.03. The first-order chi connectivity index (χ1) is 10.1. The molecule has 2 unspecified atom stereocenters. The molecule has 3 amide bonds. The highest BCUT2D eigenvalue weighted by atomic mass is 16.5. The van der Waals surface area contributed by atoms with Crippen molar-refractivity contribution in [2.45, 2.75) is 38.1 Å². The standard InChI is InChI=1S/C16H20N2O3/c1-11-6-5-9-16(10-11)14(19)18(15(20)17-16)12-7-3-4-8-13(12)21-2/h3-4,7-8,11H,5-6,9-10H2,1-2H3,(H,17,20). The van der Waals surface area contributed by atoms with Gasteiger partial charge < -0.3 is 10.1 Å². The van der Waals surface area contributed by atoms with Gasteiger partial charge in [-0.15, -0.1) is 0 Å². The fourth-order valence-electron chi connectivity index (χ4n) is 3.51. The highest BCUT2D eigenvalue weighted by Gasteiger charge is 2.53. The van der Waals surface area contributed by atoms with Crippen LogP contribution in [-0.4, -0.2) is 24.6 Å². The van der Waals surface area contributed by atoms with Crippen LogP contribution in [0, 0.1) is 5.92 Å². The monoisotopic (exact) mass is 288 g/mol. The van der Waals surface area contributed by atoms with Gasteiger partial charge in [-0.2, -0.15) is 0 Å². The Hall–Kier alpha value is -2.04. The maximum absolute atomic E-state index is 12.9. The van der Waals surface area contributed by atoms with Gasteiger partial charge in [0.1, 0.15) is 11.3 Å². The van der Waals surface area contributed by atoms with Gasteiger partial charge in [0.05, 0.1) is 12.8 Å². The average molecular weight is 288 g/mol. The van der Waals surface area contributed by atoms with E-state index in [-0.39, 0.29) is 11.9 Å². The molecule has 1 aliphatic heterocycles. The molecule has 0 aromatic heterocycles. The molecule has 5 nitrogen and oxygen atoms in total. The maximum atomic E-state index is 12.9. The second-order valence-corrected chi connectivity index (χ2v) is 6.03. The number of hydrogen-bond donors (Lipinski definition) is 1. The minimum Gasteiger partial charge on any atom is -0.495 e. The fraction of sp³-hybridized carbons (Fsp3) is 0.500. The van der Waals surface area contributed by atoms with Crippen LogP contribution >= 0.6 is 0 Å². The Labute approximate surface area is 124 Å². The van der Waals surface area contributed by atoms with E-state index in [1.165, 1.54) is 12.0 Å². The van der Waals surface area contributed by atoms with Crippen molar-refractivity contribution >= 4 is 17.6 Å². The van der Waals surface area contributed by atoms with E-state index in [1.54, 1.807) is 18.2 Å². The van der Waals surface area contributed by atoms with Crippen molar-refractivity contribution in [3.8, 4) is 5.75 Å². The highest BCUT2D eigenvalue weighted by Crippen LogP contribution is 2.40. The summed E-state index contributed by atoms with van der Waals surface area (Å²) in [5.74, 6) is 0.825. The van der Waals surface area contributed by atoms with E-state index in [4.69, 9.17) is 4.74 Å². The summed E-state index contributed by atoms with van der Waals surface area (Å²) in [6.07, 6.45) is 3.50. The zero-order valence-electron chi connectivity index (χ0n) is 12.4. The van der Waals surface area contributed by atoms with Gasteiger partial charge in [-0.3, -0.25) is 4.79 Å². The number of carbonyl (C=O) groups is 2. The van der Waals surface area contributed by atoms with Gasteiger partial charge in [-0.1, -0.05) is 31.9 Å². The van der Waals surface area contributed by atoms with Crippen molar-refractivity contribution < 1.29 is 14.3 Å². The molecule has 1 aromatic carbocycles. The molecule has 1 saturated carbocycles. The minimum atomic E-state index is -0.727. The summed E-state index contributed by atoms with van der Waals surface area (Å²) in [4.78, 5) is 26.5. The molecule has 5 heteroatoms. The van der Waals surface area contributed by atoms with Crippen LogP contribution in [0.2, 0.25) is 0 Å². The van der Waals surface area contributed by atoms with Gasteiger partial charge in [0.25, 0.3) is 5.91 Å². The average Bonchev–Trinajstić information content (AvgIpc) is 2.69. The molecule has 1 heterocycles. The molecule has 3 rings (SSSR count). The fourth-order valence-corrected chi connectivity index (χ4v) is 3.51. The van der Waals surface area contributed by atoms with Crippen LogP contribution in [0.15, 0.2) is 24.3 Å². The molecule has 1 N–H and O–H groups in total. The van der Waals surface area contributed by atoms with Crippen LogP contribution in [0.25, 0.3) is 0 Å². The smallest absolute Gasteiger partial charge is 0.329 e. The summed E-state index contributed by atoms with van der Waals surface area (Å²) in [7, 11) is 1.54. The predicted molar refractivity (Wildman–Crippen MR) is 79.4 cm³/mol. The first-order valence-electron chi connectivity index (χ1n) is 7.37. The van der Waals surface area contributed by atoms with Crippen LogP contribution in [0.1, 0.15) is 32.6 Å². The molecule has 1 aliphatic carbocycles. The van der Waals surface area contributed by atoms with E-state index >= 15 is 0 Å². The van der Waals surface area contributed by atoms with E-state index in [2.05, 4.69) is 12.2 Å². The summed E-state index contributed by atoms with van der Waals surface area (Å²) in [5.41, 5.74) is -0.215. The van der Waals surface area contributed by atoms with Crippen LogP contribution in [0.4, 0.5) is 10.5 Å². The normalized spacial score (nSPS) is 28.9. The molecular formula is C16H20N2O3. The van der Waals surface area contributed by atoms with Gasteiger partial charge in [0, 0.05) is 0 Å². The molecule has 1 spiro atoms. The van der Waals surface area contributed by atoms with Crippen LogP contribution in [0.3, 0.4) is 0 Å². The van der Waals surface area contributed by atoms with Gasteiger partial charge in [-0.25, -0.2) is 9.69 Å². The van der Waals surface area contributed by atoms with E-state index < -0.39 is 5.54 Å². The lowest BCUT2D eigenvalue weighted by Crippen LogP contribution is -2.50. The number of ether oxygens (including phenoxy) is 1. The molecule has 1 aromatic rings. The zero-order chi connectivity index (χ0) is 15.0. The number of hydrogen-bond acceptors (Lipinski definition) is 3. The first kappa shape index (κ1) is 13.9. The number of rotatable bonds is 2. The summed E-state index contributed by atoms with van der Waals surface area (Å²) in [6.45, 7) is 2.13. The number of para-hydroxylation sites is 2. The van der Waals surface area contributed by atoms with Crippen molar-refractivity contribution in [1.29, 1.82) is 0 Å². The number of imide groups is 1. The lowest BCUT2D eigenvalue weighted by atomic mass is 9.76. The zero-order valence-corrected chi connectivity index (χ0v) is 12.4. The van der Waals surface area contributed by atoms with Crippen LogP contribution in [-0.2, 0) is 4.79 Å². The van der Waals surface area contributed by atoms with Crippen molar-refractivity contribution in [3.05, 3.63) is 24.3 Å². The van der Waals surface area contributed by atoms with Crippen molar-refractivity contribution in [1.82, 2.24) is 5.32 Å². The minimum absolute atomic E-state index is 0.149. The number of anilines is 1. The highest BCUT2D eigenvalue weighted by molar-refractivity contribution is 6.24. The SMILES string of the molecule is COc1ccccc1N1C(=O)NC2(CCCC(C)C2)C1=O. The number of nitrogens with zero attached hydrogens (tertiary/aromatic N) is 1. The topological polar surface area (TPSA) is 58.6 Å². The molecule has 0 radical (unpaired) electrons. The number of carbonyl (C=O) groups excluding carboxylic acids is 2. The third kappa shape index (κ3) is 2.17. The Kier molecular flexibility index (Phi) is 3.35. The van der Waals surface area contributed by atoms with E-state index in [1.807, 2.05) is 6.07 Å². The summed E-state index contributed by atoms with van der Waals surface area (Å²) in [5, 5.41) is 2.93. The van der Waals surface area contributed by atoms with Gasteiger partial charge >= 0.3 is 6.03 Å². The largest absolute Gasteiger partial charge is 0.495 e. The molecule has 1 saturated heterocycles. The van der Waals surface area contributed by atoms with Gasteiger partial charge in [0.15, 0.2) is 0 Å². The summed E-state index contributed by atoms with van der Waals surface area (Å²) >= 11 is 0. The Morgan fingerprint density at radius 3 is 2.81 bits per heavy atom. The van der Waals surface area contributed by atoms with Gasteiger partial charge in [-0.05, 0) is 30.9 Å². The first-order valence-corrected chi connectivity index (χ1v) is 7.37. The lowest BCUT2D eigenvalue weighted by Gasteiger charge is -2.34. The molecule has 2 aliphatic rings. The third-order valence-electron chi connectivity index (χ3n) is 4.49. The van der Waals surface area contributed by atoms with Crippen molar-refractivity contribution in [3.63, 3.8) is 0 Å². The molecule has 2 atom stereocenters. The number of amides is 3. The van der Waals surface area contributed by atoms with E-state index in [0.717, 1.165) is 12.8 Å². The number of nitrogens with one attached hydrogen (secondary N) is 1. The summed E-state index contributed by atoms with van der Waals surface area (Å²) in [6, 6.07) is 6.76. The molecule has 2 fully saturated rings. The molecule has 21 heavy (non-hydrogen) atoms. The van der Waals surface area contributed by atoms with E-state index in [0.29, 0.717) is 30.2 Å². The van der Waals surface area contributed by atoms with Crippen LogP contribution < -0.4 is 15.0 Å². The van der Waals surface area contributed by atoms with Gasteiger partial charge in [0.2, 0.25) is 0 Å². The Morgan fingerprint density at radius 2 is 2.10 bits per heavy atom. The Balaban J connectivity index is 1.97. The Morgan fingerprint density at radius 1 is 1.33 bits per heavy atom. The lowest BCUT2D eigenvalue weighted by molar-refractivity contribution is -0.123. The second kappa shape index (κ2) is 5.06. The Bertz CT molecular complexity index is 587. The number of benzene rings is 1. The quantitative estimate of drug-likeness (QED) is 0.851. The number of methoxy groups -OCH3 is 1.